The Kier molecular flexibility index (Phi) is 7.05. The summed E-state index contributed by atoms with van der Waals surface area (Å²) in [6, 6.07) is 0. The minimum atomic E-state index is 1.11. The van der Waals surface area contributed by atoms with Gasteiger partial charge >= 0.3 is 0 Å². The van der Waals surface area contributed by atoms with E-state index < -0.39 is 0 Å². The smallest absolute Gasteiger partial charge is 0.0316 e. The van der Waals surface area contributed by atoms with Crippen LogP contribution in [0.5, 0.6) is 0 Å². The van der Waals surface area contributed by atoms with E-state index in [0.29, 0.717) is 0 Å². The van der Waals surface area contributed by atoms with E-state index in [4.69, 9.17) is 0 Å². The van der Waals surface area contributed by atoms with Crippen LogP contribution in [0.25, 0.3) is 0 Å². The Bertz CT molecular complexity index is 80.0. The van der Waals surface area contributed by atoms with Crippen molar-refractivity contribution in [3.05, 3.63) is 24.8 Å². The number of rotatable bonds is 5. The van der Waals surface area contributed by atoms with Gasteiger partial charge in [0.25, 0.3) is 0 Å². The molecule has 0 aromatic carbocycles. The number of unbranched alkanes of at least 4 members (excludes halogenated alkanes) is 2. The lowest BCUT2D eigenvalue weighted by molar-refractivity contribution is 0.944. The minimum Gasteiger partial charge on any atom is -0.103 e. The quantitative estimate of drug-likeness (QED) is 0.389. The van der Waals surface area contributed by atoms with Gasteiger partial charge in [-0.3, -0.25) is 0 Å². The fourth-order valence-corrected chi connectivity index (χ4v) is 0.616. The van der Waals surface area contributed by atoms with E-state index >= 15 is 0 Å². The molecule has 0 aliphatic heterocycles. The van der Waals surface area contributed by atoms with Crippen LogP contribution in [0.15, 0.2) is 24.8 Å². The van der Waals surface area contributed by atoms with Crippen LogP contribution in [0.2, 0.25) is 0 Å². The average Bonchev–Trinajstić information content (AvgIpc) is 1.89. The molecule has 0 heterocycles. The van der Waals surface area contributed by atoms with Crippen molar-refractivity contribution in [1.29, 1.82) is 0 Å². The van der Waals surface area contributed by atoms with Crippen LogP contribution in [0.4, 0.5) is 0 Å². The molecule has 0 radical (unpaired) electrons. The molecule has 0 aliphatic rings. The predicted octanol–water partition coefficient (Wildman–Crippen LogP) is 3.31. The molecule has 0 unspecified atom stereocenters. The highest BCUT2D eigenvalue weighted by molar-refractivity contribution is 4.83. The second-order valence-electron chi connectivity index (χ2n) is 2.13. The summed E-state index contributed by atoms with van der Waals surface area (Å²) < 4.78 is 0. The van der Waals surface area contributed by atoms with Gasteiger partial charge in [0.15, 0.2) is 0 Å². The number of hydrogen-bond acceptors (Lipinski definition) is 0. The van der Waals surface area contributed by atoms with Crippen LogP contribution in [0.3, 0.4) is 0 Å². The van der Waals surface area contributed by atoms with Crippen LogP contribution in [0.1, 0.15) is 32.6 Å². The van der Waals surface area contributed by atoms with E-state index in [2.05, 4.69) is 25.7 Å². The Balaban J connectivity index is 2.94. The van der Waals surface area contributed by atoms with Crippen LogP contribution < -0.4 is 0 Å². The first-order chi connectivity index (χ1) is 4.41. The van der Waals surface area contributed by atoms with Crippen molar-refractivity contribution in [3.8, 4) is 0 Å². The van der Waals surface area contributed by atoms with Crippen LogP contribution in [-0.2, 0) is 0 Å². The summed E-state index contributed by atoms with van der Waals surface area (Å²) in [6.07, 6.45) is 11.2. The Morgan fingerprint density at radius 3 is 2.33 bits per heavy atom. The number of allylic oxidation sites excluding steroid dienone is 3. The van der Waals surface area contributed by atoms with Crippen molar-refractivity contribution < 1.29 is 0 Å². The molecule has 0 saturated carbocycles. The third-order valence-electron chi connectivity index (χ3n) is 1.16. The van der Waals surface area contributed by atoms with Gasteiger partial charge in [-0.05, 0) is 19.3 Å². The van der Waals surface area contributed by atoms with E-state index in [1.807, 2.05) is 6.08 Å². The Hall–Kier alpha value is -0.520. The topological polar surface area (TPSA) is 0 Å². The molecule has 9 heavy (non-hydrogen) atoms. The first-order valence-corrected chi connectivity index (χ1v) is 3.67. The SMILES string of the molecule is C=CCCC=CCCC. The molecule has 0 N–H and O–H groups in total. The van der Waals surface area contributed by atoms with E-state index in [1.165, 1.54) is 12.8 Å². The first-order valence-electron chi connectivity index (χ1n) is 3.67. The molecule has 0 bridgehead atoms. The molecule has 0 rings (SSSR count). The molecule has 52 valence electrons. The molecule has 0 nitrogen and oxygen atoms in total. The van der Waals surface area contributed by atoms with E-state index in [-0.39, 0.29) is 0 Å². The highest BCUT2D eigenvalue weighted by Gasteiger charge is 1.73. The zero-order valence-corrected chi connectivity index (χ0v) is 6.27. The lowest BCUT2D eigenvalue weighted by Crippen LogP contribution is -1.64. The maximum Gasteiger partial charge on any atom is -0.0316 e. The Morgan fingerprint density at radius 2 is 1.78 bits per heavy atom. The molecule has 0 aromatic heterocycles. The van der Waals surface area contributed by atoms with Crippen molar-refractivity contribution in [2.75, 3.05) is 0 Å². The third kappa shape index (κ3) is 7.48. The van der Waals surface area contributed by atoms with Crippen LogP contribution in [-0.4, -0.2) is 0 Å². The van der Waals surface area contributed by atoms with E-state index in [1.54, 1.807) is 0 Å². The minimum absolute atomic E-state index is 1.11. The second-order valence-corrected chi connectivity index (χ2v) is 2.13. The second kappa shape index (κ2) is 7.48. The Labute approximate surface area is 58.3 Å². The summed E-state index contributed by atoms with van der Waals surface area (Å²) in [5, 5.41) is 0. The molecule has 0 saturated heterocycles. The molecular weight excluding hydrogens is 108 g/mol. The fraction of sp³-hybridized carbons (Fsp3) is 0.556. The summed E-state index contributed by atoms with van der Waals surface area (Å²) in [6.45, 7) is 5.84. The molecule has 0 aromatic rings. The van der Waals surface area contributed by atoms with Gasteiger partial charge in [0, 0.05) is 0 Å². The highest BCUT2D eigenvalue weighted by Crippen LogP contribution is 1.94. The largest absolute Gasteiger partial charge is 0.103 e. The molecule has 0 amide bonds. The van der Waals surface area contributed by atoms with Gasteiger partial charge in [-0.25, -0.2) is 0 Å². The molecule has 0 atom stereocenters. The molecule has 0 fully saturated rings. The zero-order chi connectivity index (χ0) is 6.95. The third-order valence-corrected chi connectivity index (χ3v) is 1.16. The van der Waals surface area contributed by atoms with Crippen molar-refractivity contribution in [2.24, 2.45) is 0 Å². The maximum absolute atomic E-state index is 3.64. The van der Waals surface area contributed by atoms with E-state index in [0.717, 1.165) is 12.8 Å². The standard InChI is InChI=1S/C9H16/c1-3-5-7-9-8-6-4-2/h3,8-9H,1,4-7H2,2H3. The zero-order valence-electron chi connectivity index (χ0n) is 6.27. The average molecular weight is 124 g/mol. The van der Waals surface area contributed by atoms with Gasteiger partial charge in [-0.2, -0.15) is 0 Å². The van der Waals surface area contributed by atoms with Crippen molar-refractivity contribution >= 4 is 0 Å². The lowest BCUT2D eigenvalue weighted by Gasteiger charge is -1.84. The molecule has 0 aliphatic carbocycles. The summed E-state index contributed by atoms with van der Waals surface area (Å²) in [5.74, 6) is 0. The normalized spacial score (nSPS) is 10.3. The van der Waals surface area contributed by atoms with Gasteiger partial charge in [0.1, 0.15) is 0 Å². The predicted molar refractivity (Wildman–Crippen MR) is 43.5 cm³/mol. The summed E-state index contributed by atoms with van der Waals surface area (Å²) in [5.41, 5.74) is 0. The van der Waals surface area contributed by atoms with Crippen LogP contribution in [0, 0.1) is 0 Å². The van der Waals surface area contributed by atoms with Crippen molar-refractivity contribution in [3.63, 3.8) is 0 Å². The molecule has 0 spiro atoms. The fourth-order valence-electron chi connectivity index (χ4n) is 0.616. The van der Waals surface area contributed by atoms with Crippen molar-refractivity contribution in [2.45, 2.75) is 32.6 Å². The number of hydrogen-bond donors (Lipinski definition) is 0. The van der Waals surface area contributed by atoms with Gasteiger partial charge in [0.05, 0.1) is 0 Å². The van der Waals surface area contributed by atoms with Gasteiger partial charge < -0.3 is 0 Å². The van der Waals surface area contributed by atoms with Crippen molar-refractivity contribution in [1.82, 2.24) is 0 Å². The lowest BCUT2D eigenvalue weighted by atomic mass is 10.2. The maximum atomic E-state index is 3.64. The van der Waals surface area contributed by atoms with Gasteiger partial charge in [0.2, 0.25) is 0 Å². The summed E-state index contributed by atoms with van der Waals surface area (Å²) >= 11 is 0. The summed E-state index contributed by atoms with van der Waals surface area (Å²) in [7, 11) is 0. The monoisotopic (exact) mass is 124 g/mol. The molecule has 0 heteroatoms. The van der Waals surface area contributed by atoms with Crippen LogP contribution >= 0.6 is 0 Å². The first kappa shape index (κ1) is 8.48. The van der Waals surface area contributed by atoms with Gasteiger partial charge in [-0.15, -0.1) is 6.58 Å². The Morgan fingerprint density at radius 1 is 1.11 bits per heavy atom. The van der Waals surface area contributed by atoms with E-state index in [9.17, 15) is 0 Å². The summed E-state index contributed by atoms with van der Waals surface area (Å²) in [4.78, 5) is 0. The highest BCUT2D eigenvalue weighted by atomic mass is 13.8. The van der Waals surface area contributed by atoms with Gasteiger partial charge in [-0.1, -0.05) is 31.6 Å². The molecular formula is C9H16.